The van der Waals surface area contributed by atoms with Crippen LogP contribution in [0.4, 0.5) is 10.2 Å². The first-order chi connectivity index (χ1) is 6.77. The summed E-state index contributed by atoms with van der Waals surface area (Å²) in [4.78, 5) is 3.85. The lowest BCUT2D eigenvalue weighted by molar-refractivity contribution is 0.187. The Kier molecular flexibility index (Phi) is 4.28. The predicted molar refractivity (Wildman–Crippen MR) is 52.5 cm³/mol. The van der Waals surface area contributed by atoms with Gasteiger partial charge in [-0.15, -0.1) is 0 Å². The number of pyridine rings is 1. The lowest BCUT2D eigenvalue weighted by Crippen LogP contribution is -2.33. The van der Waals surface area contributed by atoms with Gasteiger partial charge in [0.25, 0.3) is 0 Å². The zero-order chi connectivity index (χ0) is 10.4. The molecule has 1 heterocycles. The van der Waals surface area contributed by atoms with E-state index >= 15 is 0 Å². The number of halogens is 1. The van der Waals surface area contributed by atoms with Crippen molar-refractivity contribution in [3.05, 3.63) is 24.1 Å². The molecule has 4 nitrogen and oxygen atoms in total. The molecule has 0 fully saturated rings. The zero-order valence-corrected chi connectivity index (χ0v) is 8.03. The van der Waals surface area contributed by atoms with Crippen LogP contribution in [0.3, 0.4) is 0 Å². The first kappa shape index (κ1) is 10.9. The highest BCUT2D eigenvalue weighted by atomic mass is 19.1. The number of hydrogen-bond acceptors (Lipinski definition) is 4. The van der Waals surface area contributed by atoms with Crippen molar-refractivity contribution < 1.29 is 9.13 Å². The van der Waals surface area contributed by atoms with E-state index in [0.717, 1.165) is 0 Å². The molecular weight excluding hydrogens is 185 g/mol. The van der Waals surface area contributed by atoms with Gasteiger partial charge in [0.15, 0.2) is 11.6 Å². The third kappa shape index (κ3) is 2.93. The maximum atomic E-state index is 13.1. The molecule has 0 aromatic carbocycles. The topological polar surface area (TPSA) is 60.2 Å². The van der Waals surface area contributed by atoms with E-state index < -0.39 is 0 Å². The number of nitrogens with zero attached hydrogens (tertiary/aromatic N) is 1. The van der Waals surface area contributed by atoms with Crippen LogP contribution in [0.15, 0.2) is 18.3 Å². The van der Waals surface area contributed by atoms with Crippen LogP contribution in [0, 0.1) is 5.82 Å². The van der Waals surface area contributed by atoms with E-state index in [2.05, 4.69) is 10.3 Å². The molecule has 5 heteroatoms. The minimum atomic E-state index is -0.387. The highest BCUT2D eigenvalue weighted by molar-refractivity contribution is 5.36. The lowest BCUT2D eigenvalue weighted by Gasteiger charge is -2.16. The summed E-state index contributed by atoms with van der Waals surface area (Å²) < 4.78 is 18.0. The number of rotatable bonds is 5. The van der Waals surface area contributed by atoms with Gasteiger partial charge in [-0.25, -0.2) is 9.37 Å². The van der Waals surface area contributed by atoms with Crippen molar-refractivity contribution in [2.75, 3.05) is 25.6 Å². The Labute approximate surface area is 82.3 Å². The van der Waals surface area contributed by atoms with Crippen LogP contribution in [0.1, 0.15) is 0 Å². The fourth-order valence-electron chi connectivity index (χ4n) is 1.06. The van der Waals surface area contributed by atoms with Gasteiger partial charge in [-0.05, 0) is 12.1 Å². The Hall–Kier alpha value is -1.20. The van der Waals surface area contributed by atoms with E-state index in [9.17, 15) is 4.39 Å². The second-order valence-corrected chi connectivity index (χ2v) is 2.87. The Morgan fingerprint density at radius 3 is 3.07 bits per heavy atom. The normalized spacial score (nSPS) is 12.5. The van der Waals surface area contributed by atoms with Gasteiger partial charge in [-0.1, -0.05) is 0 Å². The standard InChI is InChI=1S/C9H14FN3O/c1-14-6-7(5-11)13-9-8(10)3-2-4-12-9/h2-4,7H,5-6,11H2,1H3,(H,12,13). The molecule has 0 aliphatic carbocycles. The Bertz CT molecular complexity index is 283. The molecule has 0 bridgehead atoms. The maximum absolute atomic E-state index is 13.1. The third-order valence-corrected chi connectivity index (χ3v) is 1.75. The second-order valence-electron chi connectivity index (χ2n) is 2.87. The van der Waals surface area contributed by atoms with Gasteiger partial charge in [-0.3, -0.25) is 0 Å². The van der Waals surface area contributed by atoms with Gasteiger partial charge in [0.05, 0.1) is 12.6 Å². The monoisotopic (exact) mass is 199 g/mol. The molecule has 1 aromatic heterocycles. The molecular formula is C9H14FN3O. The van der Waals surface area contributed by atoms with Gasteiger partial charge in [-0.2, -0.15) is 0 Å². The van der Waals surface area contributed by atoms with Crippen LogP contribution in [0.25, 0.3) is 0 Å². The summed E-state index contributed by atoms with van der Waals surface area (Å²) in [5, 5.41) is 2.86. The molecule has 0 aliphatic heterocycles. The minimum absolute atomic E-state index is 0.121. The number of nitrogens with one attached hydrogen (secondary N) is 1. The molecule has 1 unspecified atom stereocenters. The molecule has 1 rings (SSSR count). The SMILES string of the molecule is COCC(CN)Nc1ncccc1F. The van der Waals surface area contributed by atoms with E-state index in [1.807, 2.05) is 0 Å². The van der Waals surface area contributed by atoms with Crippen molar-refractivity contribution in [3.8, 4) is 0 Å². The number of aromatic nitrogens is 1. The number of methoxy groups -OCH3 is 1. The quantitative estimate of drug-likeness (QED) is 0.729. The van der Waals surface area contributed by atoms with Gasteiger partial charge in [0, 0.05) is 19.9 Å². The Morgan fingerprint density at radius 2 is 2.50 bits per heavy atom. The minimum Gasteiger partial charge on any atom is -0.383 e. The van der Waals surface area contributed by atoms with Gasteiger partial charge >= 0.3 is 0 Å². The van der Waals surface area contributed by atoms with Crippen LogP contribution >= 0.6 is 0 Å². The molecule has 0 spiro atoms. The van der Waals surface area contributed by atoms with Crippen LogP contribution in [-0.2, 0) is 4.74 Å². The number of anilines is 1. The highest BCUT2D eigenvalue weighted by Crippen LogP contribution is 2.09. The van der Waals surface area contributed by atoms with Crippen LogP contribution < -0.4 is 11.1 Å². The van der Waals surface area contributed by atoms with E-state index in [-0.39, 0.29) is 17.7 Å². The smallest absolute Gasteiger partial charge is 0.165 e. The Balaban J connectivity index is 2.62. The average Bonchev–Trinajstić information content (AvgIpc) is 2.20. The molecule has 0 aliphatic rings. The summed E-state index contributed by atoms with van der Waals surface area (Å²) in [6.07, 6.45) is 1.52. The lowest BCUT2D eigenvalue weighted by atomic mass is 10.3. The van der Waals surface area contributed by atoms with Crippen molar-refractivity contribution in [2.24, 2.45) is 5.73 Å². The number of hydrogen-bond donors (Lipinski definition) is 2. The molecule has 0 radical (unpaired) electrons. The van der Waals surface area contributed by atoms with Gasteiger partial charge < -0.3 is 15.8 Å². The Morgan fingerprint density at radius 1 is 1.71 bits per heavy atom. The summed E-state index contributed by atoms with van der Waals surface area (Å²) in [7, 11) is 1.57. The zero-order valence-electron chi connectivity index (χ0n) is 8.03. The number of ether oxygens (including phenoxy) is 1. The van der Waals surface area contributed by atoms with Crippen LogP contribution in [0.5, 0.6) is 0 Å². The fraction of sp³-hybridized carbons (Fsp3) is 0.444. The summed E-state index contributed by atoms with van der Waals surface area (Å²) in [5.41, 5.74) is 5.46. The molecule has 0 saturated heterocycles. The average molecular weight is 199 g/mol. The first-order valence-electron chi connectivity index (χ1n) is 4.34. The second kappa shape index (κ2) is 5.51. The van der Waals surface area contributed by atoms with Crippen molar-refractivity contribution in [1.29, 1.82) is 0 Å². The first-order valence-corrected chi connectivity index (χ1v) is 4.34. The molecule has 3 N–H and O–H groups in total. The van der Waals surface area contributed by atoms with E-state index in [4.69, 9.17) is 10.5 Å². The molecule has 0 saturated carbocycles. The molecule has 1 aromatic rings. The summed E-state index contributed by atoms with van der Waals surface area (Å²) in [6, 6.07) is 2.76. The van der Waals surface area contributed by atoms with Crippen molar-refractivity contribution in [2.45, 2.75) is 6.04 Å². The van der Waals surface area contributed by atoms with E-state index in [1.165, 1.54) is 18.3 Å². The van der Waals surface area contributed by atoms with E-state index in [1.54, 1.807) is 7.11 Å². The van der Waals surface area contributed by atoms with Crippen molar-refractivity contribution in [1.82, 2.24) is 4.98 Å². The molecule has 0 amide bonds. The predicted octanol–water partition coefficient (Wildman–Crippen LogP) is 0.606. The molecule has 1 atom stereocenters. The van der Waals surface area contributed by atoms with Crippen molar-refractivity contribution in [3.63, 3.8) is 0 Å². The fourth-order valence-corrected chi connectivity index (χ4v) is 1.06. The highest BCUT2D eigenvalue weighted by Gasteiger charge is 2.09. The van der Waals surface area contributed by atoms with Gasteiger partial charge in [0.2, 0.25) is 0 Å². The van der Waals surface area contributed by atoms with Gasteiger partial charge in [0.1, 0.15) is 0 Å². The van der Waals surface area contributed by atoms with Crippen LogP contribution in [-0.4, -0.2) is 31.3 Å². The van der Waals surface area contributed by atoms with E-state index in [0.29, 0.717) is 13.2 Å². The number of nitrogens with two attached hydrogens (primary N) is 1. The third-order valence-electron chi connectivity index (χ3n) is 1.75. The molecule has 14 heavy (non-hydrogen) atoms. The summed E-state index contributed by atoms with van der Waals surface area (Å²) in [6.45, 7) is 0.788. The maximum Gasteiger partial charge on any atom is 0.165 e. The largest absolute Gasteiger partial charge is 0.383 e. The summed E-state index contributed by atoms with van der Waals surface area (Å²) in [5.74, 6) is -0.179. The van der Waals surface area contributed by atoms with Crippen LogP contribution in [0.2, 0.25) is 0 Å². The van der Waals surface area contributed by atoms with Crippen molar-refractivity contribution >= 4 is 5.82 Å². The molecule has 78 valence electrons. The summed E-state index contributed by atoms with van der Waals surface area (Å²) >= 11 is 0.